The summed E-state index contributed by atoms with van der Waals surface area (Å²) in [7, 11) is 0. The fourth-order valence-corrected chi connectivity index (χ4v) is 3.46. The van der Waals surface area contributed by atoms with E-state index in [0.29, 0.717) is 17.3 Å². The Morgan fingerprint density at radius 2 is 2.10 bits per heavy atom. The summed E-state index contributed by atoms with van der Waals surface area (Å²) in [4.78, 5) is 12.2. The Hall–Kier alpha value is -1.68. The molecule has 104 valence electrons. The Morgan fingerprint density at radius 1 is 1.30 bits per heavy atom. The Kier molecular flexibility index (Phi) is 3.57. The van der Waals surface area contributed by atoms with Gasteiger partial charge in [-0.25, -0.2) is 4.79 Å². The molecule has 1 heterocycles. The molecule has 1 aliphatic carbocycles. The van der Waals surface area contributed by atoms with E-state index in [0.717, 1.165) is 0 Å². The summed E-state index contributed by atoms with van der Waals surface area (Å²) in [5.74, 6) is 0.917. The Bertz CT molecular complexity index is 658. The lowest BCUT2D eigenvalue weighted by Crippen LogP contribution is -1.94. The highest BCUT2D eigenvalue weighted by atomic mass is 32.2. The van der Waals surface area contributed by atoms with E-state index in [1.54, 1.807) is 24.8 Å². The molecule has 0 saturated heterocycles. The van der Waals surface area contributed by atoms with Gasteiger partial charge in [-0.1, -0.05) is 6.07 Å². The first-order chi connectivity index (χ1) is 9.63. The summed E-state index contributed by atoms with van der Waals surface area (Å²) in [6, 6.07) is 8.22. The minimum absolute atomic E-state index is 0.259. The first-order valence-electron chi connectivity index (χ1n) is 6.70. The molecule has 0 saturated carbocycles. The molecular formula is C16H16O3S. The van der Waals surface area contributed by atoms with Crippen molar-refractivity contribution in [2.45, 2.75) is 36.8 Å². The van der Waals surface area contributed by atoms with Crippen LogP contribution in [0, 0.1) is 6.92 Å². The number of carbonyl (C=O) groups is 1. The monoisotopic (exact) mass is 288 g/mol. The number of rotatable bonds is 4. The van der Waals surface area contributed by atoms with Gasteiger partial charge in [0.05, 0.1) is 5.75 Å². The Morgan fingerprint density at radius 3 is 2.85 bits per heavy atom. The highest BCUT2D eigenvalue weighted by Gasteiger charge is 2.14. The van der Waals surface area contributed by atoms with Crippen molar-refractivity contribution >= 4 is 17.7 Å². The molecule has 20 heavy (non-hydrogen) atoms. The van der Waals surface area contributed by atoms with E-state index in [4.69, 9.17) is 9.52 Å². The van der Waals surface area contributed by atoms with Crippen molar-refractivity contribution in [2.24, 2.45) is 0 Å². The van der Waals surface area contributed by atoms with Crippen LogP contribution in [0.2, 0.25) is 0 Å². The molecule has 1 N–H and O–H groups in total. The van der Waals surface area contributed by atoms with Crippen LogP contribution < -0.4 is 0 Å². The average Bonchev–Trinajstić information content (AvgIpc) is 3.01. The van der Waals surface area contributed by atoms with E-state index in [1.165, 1.54) is 35.3 Å². The molecule has 3 rings (SSSR count). The molecule has 0 spiro atoms. The maximum Gasteiger partial charge on any atom is 0.339 e. The van der Waals surface area contributed by atoms with Crippen LogP contribution in [-0.4, -0.2) is 11.1 Å². The van der Waals surface area contributed by atoms with Crippen LogP contribution in [0.25, 0.3) is 0 Å². The summed E-state index contributed by atoms with van der Waals surface area (Å²) >= 11 is 1.69. The van der Waals surface area contributed by atoms with Crippen LogP contribution in [0.15, 0.2) is 33.6 Å². The maximum atomic E-state index is 11.0. The number of fused-ring (bicyclic) bond motifs is 1. The Labute approximate surface area is 122 Å². The van der Waals surface area contributed by atoms with Gasteiger partial charge in [0.15, 0.2) is 0 Å². The van der Waals surface area contributed by atoms with Gasteiger partial charge in [0, 0.05) is 4.90 Å². The largest absolute Gasteiger partial charge is 0.478 e. The molecule has 2 aromatic rings. The number of hydrogen-bond acceptors (Lipinski definition) is 3. The fourth-order valence-electron chi connectivity index (χ4n) is 2.62. The van der Waals surface area contributed by atoms with Crippen molar-refractivity contribution in [1.82, 2.24) is 0 Å². The fraction of sp³-hybridized carbons (Fsp3) is 0.312. The Balaban J connectivity index is 1.70. The highest BCUT2D eigenvalue weighted by molar-refractivity contribution is 7.98. The van der Waals surface area contributed by atoms with Crippen LogP contribution in [-0.2, 0) is 18.6 Å². The number of thioether (sulfide) groups is 1. The summed E-state index contributed by atoms with van der Waals surface area (Å²) in [5, 5.41) is 9.00. The SMILES string of the molecule is Cc1oc(CSc2ccc3c(c2)CCC3)cc1C(=O)O. The van der Waals surface area contributed by atoms with E-state index in [2.05, 4.69) is 18.2 Å². The standard InChI is InChI=1S/C16H16O3S/c1-10-15(16(17)18)8-13(19-10)9-20-14-6-5-11-3-2-4-12(11)7-14/h5-8H,2-4,9H2,1H3,(H,17,18). The molecule has 1 aromatic carbocycles. The van der Waals surface area contributed by atoms with Gasteiger partial charge in [-0.05, 0) is 55.5 Å². The third kappa shape index (κ3) is 2.61. The highest BCUT2D eigenvalue weighted by Crippen LogP contribution is 2.30. The van der Waals surface area contributed by atoms with Gasteiger partial charge in [0.2, 0.25) is 0 Å². The van der Waals surface area contributed by atoms with Crippen molar-refractivity contribution in [3.63, 3.8) is 0 Å². The molecule has 0 amide bonds. The van der Waals surface area contributed by atoms with Gasteiger partial charge in [-0.15, -0.1) is 11.8 Å². The van der Waals surface area contributed by atoms with Gasteiger partial charge in [0.1, 0.15) is 17.1 Å². The molecular weight excluding hydrogens is 272 g/mol. The molecule has 0 fully saturated rings. The molecule has 0 aliphatic heterocycles. The molecule has 0 radical (unpaired) electrons. The summed E-state index contributed by atoms with van der Waals surface area (Å²) in [6.07, 6.45) is 3.62. The lowest BCUT2D eigenvalue weighted by Gasteiger charge is -2.03. The van der Waals surface area contributed by atoms with E-state index in [1.807, 2.05) is 0 Å². The number of carboxylic acids is 1. The summed E-state index contributed by atoms with van der Waals surface area (Å²) in [6.45, 7) is 1.69. The van der Waals surface area contributed by atoms with Gasteiger partial charge >= 0.3 is 5.97 Å². The van der Waals surface area contributed by atoms with Crippen molar-refractivity contribution in [3.05, 3.63) is 52.5 Å². The predicted molar refractivity (Wildman–Crippen MR) is 78.4 cm³/mol. The normalized spacial score (nSPS) is 13.4. The first kappa shape index (κ1) is 13.3. The first-order valence-corrected chi connectivity index (χ1v) is 7.69. The van der Waals surface area contributed by atoms with Crippen LogP contribution in [0.3, 0.4) is 0 Å². The predicted octanol–water partition coefficient (Wildman–Crippen LogP) is 4.07. The van der Waals surface area contributed by atoms with Crippen LogP contribution in [0.1, 0.15) is 39.4 Å². The van der Waals surface area contributed by atoms with Crippen molar-refractivity contribution < 1.29 is 14.3 Å². The van der Waals surface area contributed by atoms with E-state index < -0.39 is 5.97 Å². The van der Waals surface area contributed by atoms with Crippen molar-refractivity contribution in [2.75, 3.05) is 0 Å². The smallest absolute Gasteiger partial charge is 0.339 e. The summed E-state index contributed by atoms with van der Waals surface area (Å²) in [5.41, 5.74) is 3.18. The minimum atomic E-state index is -0.931. The maximum absolute atomic E-state index is 11.0. The zero-order valence-electron chi connectivity index (χ0n) is 11.3. The van der Waals surface area contributed by atoms with Crippen LogP contribution in [0.4, 0.5) is 0 Å². The van der Waals surface area contributed by atoms with Crippen LogP contribution in [0.5, 0.6) is 0 Å². The third-order valence-electron chi connectivity index (χ3n) is 3.65. The molecule has 4 heteroatoms. The number of carboxylic acid groups (broad SMARTS) is 1. The van der Waals surface area contributed by atoms with Crippen molar-refractivity contribution in [3.8, 4) is 0 Å². The number of aromatic carboxylic acids is 1. The zero-order chi connectivity index (χ0) is 14.1. The number of hydrogen-bond donors (Lipinski definition) is 1. The van der Waals surface area contributed by atoms with Crippen molar-refractivity contribution in [1.29, 1.82) is 0 Å². The van der Waals surface area contributed by atoms with Gasteiger partial charge in [-0.2, -0.15) is 0 Å². The summed E-state index contributed by atoms with van der Waals surface area (Å²) < 4.78 is 5.49. The van der Waals surface area contributed by atoms with Gasteiger partial charge in [-0.3, -0.25) is 0 Å². The average molecular weight is 288 g/mol. The second-order valence-corrected chi connectivity index (χ2v) is 6.11. The lowest BCUT2D eigenvalue weighted by atomic mass is 10.1. The van der Waals surface area contributed by atoms with Gasteiger partial charge in [0.25, 0.3) is 0 Å². The molecule has 0 bridgehead atoms. The van der Waals surface area contributed by atoms with E-state index in [-0.39, 0.29) is 5.56 Å². The molecule has 0 unspecified atom stereocenters. The molecule has 1 aliphatic rings. The molecule has 3 nitrogen and oxygen atoms in total. The number of benzene rings is 1. The van der Waals surface area contributed by atoms with Crippen LogP contribution >= 0.6 is 11.8 Å². The third-order valence-corrected chi connectivity index (χ3v) is 4.67. The zero-order valence-corrected chi connectivity index (χ0v) is 12.1. The van der Waals surface area contributed by atoms with Gasteiger partial charge < -0.3 is 9.52 Å². The molecule has 1 aromatic heterocycles. The quantitative estimate of drug-likeness (QED) is 0.862. The topological polar surface area (TPSA) is 50.4 Å². The number of aryl methyl sites for hydroxylation is 3. The minimum Gasteiger partial charge on any atom is -0.478 e. The second kappa shape index (κ2) is 5.37. The molecule has 0 atom stereocenters. The number of furan rings is 1. The van der Waals surface area contributed by atoms with E-state index in [9.17, 15) is 4.79 Å². The second-order valence-electron chi connectivity index (χ2n) is 5.06. The lowest BCUT2D eigenvalue weighted by molar-refractivity contribution is 0.0695. The van der Waals surface area contributed by atoms with E-state index >= 15 is 0 Å².